The number of nitrogens with zero attached hydrogens (tertiary/aromatic N) is 6. The number of aromatic nitrogens is 6. The maximum Gasteiger partial charge on any atom is 0.296 e. The standard InChI is InChI=1S/C17H14ClN7O2S/c18-11-4-5-12(21-7-11)9-27-17-24-23-16(28-17)22-15(26)13-8-19-10-25(13)14-3-1-2-6-20-14/h1-8,10,15,26H,9H2,(H,22,23). The molecule has 0 aliphatic rings. The molecule has 4 rings (SSSR count). The molecule has 0 aromatic carbocycles. The molecule has 0 fully saturated rings. The van der Waals surface area contributed by atoms with Gasteiger partial charge in [0.15, 0.2) is 6.23 Å². The van der Waals surface area contributed by atoms with E-state index in [1.54, 1.807) is 41.6 Å². The van der Waals surface area contributed by atoms with Crippen LogP contribution in [0.5, 0.6) is 5.19 Å². The largest absolute Gasteiger partial charge is 0.462 e. The van der Waals surface area contributed by atoms with Crippen LogP contribution >= 0.6 is 22.9 Å². The van der Waals surface area contributed by atoms with Gasteiger partial charge in [-0.25, -0.2) is 9.97 Å². The summed E-state index contributed by atoms with van der Waals surface area (Å²) in [5, 5.41) is 22.6. The Hall–Kier alpha value is -3.08. The Kier molecular flexibility index (Phi) is 5.42. The van der Waals surface area contributed by atoms with E-state index in [4.69, 9.17) is 16.3 Å². The van der Waals surface area contributed by atoms with E-state index in [9.17, 15) is 5.11 Å². The van der Waals surface area contributed by atoms with Gasteiger partial charge in [-0.1, -0.05) is 22.8 Å². The molecule has 0 spiro atoms. The summed E-state index contributed by atoms with van der Waals surface area (Å²) in [4.78, 5) is 12.5. The normalized spacial score (nSPS) is 11.9. The van der Waals surface area contributed by atoms with E-state index in [2.05, 4.69) is 30.5 Å². The summed E-state index contributed by atoms with van der Waals surface area (Å²) in [6.45, 7) is 0.237. The Morgan fingerprint density at radius 3 is 2.89 bits per heavy atom. The lowest BCUT2D eigenvalue weighted by Gasteiger charge is -2.13. The molecule has 28 heavy (non-hydrogen) atoms. The van der Waals surface area contributed by atoms with Crippen LogP contribution in [0.3, 0.4) is 0 Å². The first-order chi connectivity index (χ1) is 13.7. The van der Waals surface area contributed by atoms with Crippen LogP contribution < -0.4 is 10.1 Å². The molecule has 1 atom stereocenters. The molecule has 11 heteroatoms. The number of pyridine rings is 2. The third kappa shape index (κ3) is 4.25. The van der Waals surface area contributed by atoms with Gasteiger partial charge in [0.05, 0.1) is 22.6 Å². The van der Waals surface area contributed by atoms with E-state index < -0.39 is 6.23 Å². The summed E-state index contributed by atoms with van der Waals surface area (Å²) in [7, 11) is 0. The summed E-state index contributed by atoms with van der Waals surface area (Å²) < 4.78 is 7.25. The van der Waals surface area contributed by atoms with Gasteiger partial charge in [0.2, 0.25) is 5.13 Å². The maximum atomic E-state index is 10.5. The molecule has 0 bridgehead atoms. The van der Waals surface area contributed by atoms with Crippen molar-refractivity contribution in [3.63, 3.8) is 0 Å². The number of aliphatic hydroxyl groups excluding tert-OH is 1. The molecule has 0 amide bonds. The van der Waals surface area contributed by atoms with E-state index in [0.717, 1.165) is 0 Å². The number of hydrogen-bond acceptors (Lipinski definition) is 9. The molecule has 0 saturated heterocycles. The minimum absolute atomic E-state index is 0.237. The lowest BCUT2D eigenvalue weighted by Crippen LogP contribution is -2.14. The number of halogens is 1. The number of ether oxygens (including phenoxy) is 1. The first kappa shape index (κ1) is 18.3. The Bertz CT molecular complexity index is 1040. The zero-order valence-electron chi connectivity index (χ0n) is 14.3. The third-order valence-corrected chi connectivity index (χ3v) is 4.63. The number of anilines is 1. The lowest BCUT2D eigenvalue weighted by atomic mass is 10.4. The average molecular weight is 416 g/mol. The van der Waals surface area contributed by atoms with Crippen molar-refractivity contribution in [1.82, 2.24) is 29.7 Å². The molecule has 0 aliphatic heterocycles. The topological polar surface area (TPSA) is 111 Å². The summed E-state index contributed by atoms with van der Waals surface area (Å²) in [5.74, 6) is 0.646. The number of hydrogen-bond donors (Lipinski definition) is 2. The molecule has 4 aromatic heterocycles. The van der Waals surface area contributed by atoms with E-state index >= 15 is 0 Å². The molecule has 0 radical (unpaired) electrons. The second-order valence-electron chi connectivity index (χ2n) is 5.55. The fourth-order valence-electron chi connectivity index (χ4n) is 2.34. The van der Waals surface area contributed by atoms with Crippen molar-refractivity contribution < 1.29 is 9.84 Å². The Morgan fingerprint density at radius 1 is 1.18 bits per heavy atom. The van der Waals surface area contributed by atoms with Gasteiger partial charge in [0.25, 0.3) is 5.19 Å². The number of imidazole rings is 1. The minimum atomic E-state index is -1.05. The smallest absolute Gasteiger partial charge is 0.296 e. The van der Waals surface area contributed by atoms with Crippen molar-refractivity contribution in [3.8, 4) is 11.0 Å². The van der Waals surface area contributed by atoms with Crippen LogP contribution in [-0.2, 0) is 6.61 Å². The van der Waals surface area contributed by atoms with Crippen LogP contribution in [0.4, 0.5) is 5.13 Å². The average Bonchev–Trinajstić information content (AvgIpc) is 3.38. The molecular formula is C17H14ClN7O2S. The molecule has 4 heterocycles. The van der Waals surface area contributed by atoms with Crippen molar-refractivity contribution >= 4 is 28.1 Å². The van der Waals surface area contributed by atoms with Crippen molar-refractivity contribution in [1.29, 1.82) is 0 Å². The maximum absolute atomic E-state index is 10.5. The number of rotatable bonds is 7. The zero-order valence-corrected chi connectivity index (χ0v) is 15.9. The van der Waals surface area contributed by atoms with Gasteiger partial charge in [-0.3, -0.25) is 9.55 Å². The van der Waals surface area contributed by atoms with Crippen molar-refractivity contribution in [2.75, 3.05) is 5.32 Å². The molecule has 0 aliphatic carbocycles. The van der Waals surface area contributed by atoms with Gasteiger partial charge in [-0.05, 0) is 35.6 Å². The Morgan fingerprint density at radius 2 is 2.11 bits per heavy atom. The van der Waals surface area contributed by atoms with Crippen molar-refractivity contribution in [2.45, 2.75) is 12.8 Å². The lowest BCUT2D eigenvalue weighted by molar-refractivity contribution is 0.201. The quantitative estimate of drug-likeness (QED) is 0.443. The van der Waals surface area contributed by atoms with Gasteiger partial charge in [0.1, 0.15) is 18.8 Å². The molecule has 2 N–H and O–H groups in total. The highest BCUT2D eigenvalue weighted by molar-refractivity contribution is 7.16. The second kappa shape index (κ2) is 8.30. The van der Waals surface area contributed by atoms with Crippen LogP contribution in [-0.4, -0.2) is 34.8 Å². The third-order valence-electron chi connectivity index (χ3n) is 3.64. The fraction of sp³-hybridized carbons (Fsp3) is 0.118. The van der Waals surface area contributed by atoms with Gasteiger partial charge in [-0.2, -0.15) is 0 Å². The highest BCUT2D eigenvalue weighted by Crippen LogP contribution is 2.26. The second-order valence-corrected chi connectivity index (χ2v) is 6.93. The number of nitrogens with one attached hydrogen (secondary N) is 1. The molecule has 1 unspecified atom stereocenters. The predicted molar refractivity (Wildman–Crippen MR) is 103 cm³/mol. The first-order valence-corrected chi connectivity index (χ1v) is 9.33. The highest BCUT2D eigenvalue weighted by atomic mass is 35.5. The van der Waals surface area contributed by atoms with E-state index in [0.29, 0.717) is 32.6 Å². The zero-order chi connectivity index (χ0) is 19.3. The minimum Gasteiger partial charge on any atom is -0.462 e. The van der Waals surface area contributed by atoms with Crippen LogP contribution in [0.2, 0.25) is 5.02 Å². The number of aliphatic hydroxyl groups is 1. The van der Waals surface area contributed by atoms with Crippen molar-refractivity contribution in [2.24, 2.45) is 0 Å². The van der Waals surface area contributed by atoms with E-state index in [-0.39, 0.29) is 6.61 Å². The monoisotopic (exact) mass is 415 g/mol. The molecule has 4 aromatic rings. The summed E-state index contributed by atoms with van der Waals surface area (Å²) in [6.07, 6.45) is 5.30. The predicted octanol–water partition coefficient (Wildman–Crippen LogP) is 2.85. The van der Waals surface area contributed by atoms with Crippen LogP contribution in [0, 0.1) is 0 Å². The van der Waals surface area contributed by atoms with E-state index in [1.807, 2.05) is 18.2 Å². The van der Waals surface area contributed by atoms with Gasteiger partial charge >= 0.3 is 0 Å². The summed E-state index contributed by atoms with van der Waals surface area (Å²) in [5.41, 5.74) is 1.23. The van der Waals surface area contributed by atoms with Gasteiger partial charge in [-0.15, -0.1) is 5.10 Å². The summed E-state index contributed by atoms with van der Waals surface area (Å²) in [6, 6.07) is 9.00. The molecule has 9 nitrogen and oxygen atoms in total. The molecule has 0 saturated carbocycles. The molecular weight excluding hydrogens is 402 g/mol. The Labute approximate surface area is 168 Å². The SMILES string of the molecule is OC(Nc1nnc(OCc2ccc(Cl)cn2)s1)c1cncn1-c1ccccn1. The summed E-state index contributed by atoms with van der Waals surface area (Å²) >= 11 is 6.98. The van der Waals surface area contributed by atoms with Crippen LogP contribution in [0.25, 0.3) is 5.82 Å². The van der Waals surface area contributed by atoms with E-state index in [1.165, 1.54) is 11.3 Å². The van der Waals surface area contributed by atoms with Gasteiger partial charge in [0, 0.05) is 12.4 Å². The highest BCUT2D eigenvalue weighted by Gasteiger charge is 2.17. The van der Waals surface area contributed by atoms with Gasteiger partial charge < -0.3 is 15.2 Å². The van der Waals surface area contributed by atoms with Crippen molar-refractivity contribution in [3.05, 3.63) is 71.7 Å². The Balaban J connectivity index is 1.40. The fourth-order valence-corrected chi connectivity index (χ4v) is 3.07. The van der Waals surface area contributed by atoms with Crippen LogP contribution in [0.1, 0.15) is 17.6 Å². The molecule has 142 valence electrons. The van der Waals surface area contributed by atoms with Crippen LogP contribution in [0.15, 0.2) is 55.2 Å². The first-order valence-electron chi connectivity index (χ1n) is 8.14.